The van der Waals surface area contributed by atoms with Gasteiger partial charge in [-0.2, -0.15) is 0 Å². The van der Waals surface area contributed by atoms with Gasteiger partial charge < -0.3 is 10.7 Å². The van der Waals surface area contributed by atoms with Crippen molar-refractivity contribution in [2.75, 3.05) is 12.0 Å². The molecule has 0 bridgehead atoms. The predicted octanol–water partition coefficient (Wildman–Crippen LogP) is 0.292. The van der Waals surface area contributed by atoms with Crippen molar-refractivity contribution >= 4 is 11.7 Å². The van der Waals surface area contributed by atoms with Crippen molar-refractivity contribution in [1.82, 2.24) is 15.3 Å². The summed E-state index contributed by atoms with van der Waals surface area (Å²) in [5.74, 6) is 6.17. The summed E-state index contributed by atoms with van der Waals surface area (Å²) in [7, 11) is 0. The average Bonchev–Trinajstić information content (AvgIpc) is 3.13. The number of nitrogens with zero attached hydrogens (tertiary/aromatic N) is 2. The average molecular weight is 221 g/mol. The zero-order valence-corrected chi connectivity index (χ0v) is 8.94. The molecule has 0 saturated heterocycles. The first-order chi connectivity index (χ1) is 7.79. The van der Waals surface area contributed by atoms with Crippen LogP contribution in [-0.4, -0.2) is 22.4 Å². The molecule has 0 aliphatic heterocycles. The third kappa shape index (κ3) is 2.90. The Morgan fingerprint density at radius 2 is 2.31 bits per heavy atom. The maximum atomic E-state index is 11.6. The van der Waals surface area contributed by atoms with Crippen molar-refractivity contribution in [3.63, 3.8) is 0 Å². The molecule has 0 unspecified atom stereocenters. The highest BCUT2D eigenvalue weighted by Crippen LogP contribution is 2.31. The van der Waals surface area contributed by atoms with Gasteiger partial charge in [-0.1, -0.05) is 12.8 Å². The van der Waals surface area contributed by atoms with Gasteiger partial charge >= 0.3 is 0 Å². The topological polar surface area (TPSA) is 92.9 Å². The van der Waals surface area contributed by atoms with Gasteiger partial charge in [0, 0.05) is 6.54 Å². The Kier molecular flexibility index (Phi) is 3.31. The Balaban J connectivity index is 1.86. The van der Waals surface area contributed by atoms with Crippen LogP contribution in [0.4, 0.5) is 5.82 Å². The lowest BCUT2D eigenvalue weighted by Gasteiger charge is -2.04. The first-order valence-corrected chi connectivity index (χ1v) is 5.36. The lowest BCUT2D eigenvalue weighted by Crippen LogP contribution is -2.26. The molecule has 1 aliphatic rings. The number of nitrogens with one attached hydrogen (secondary N) is 2. The van der Waals surface area contributed by atoms with Gasteiger partial charge in [-0.3, -0.25) is 9.78 Å². The molecule has 6 nitrogen and oxygen atoms in total. The highest BCUT2D eigenvalue weighted by atomic mass is 16.1. The van der Waals surface area contributed by atoms with Crippen LogP contribution < -0.4 is 16.6 Å². The van der Waals surface area contributed by atoms with E-state index >= 15 is 0 Å². The quantitative estimate of drug-likeness (QED) is 0.491. The lowest BCUT2D eigenvalue weighted by molar-refractivity contribution is 0.0947. The van der Waals surface area contributed by atoms with Crippen LogP contribution in [0.25, 0.3) is 0 Å². The van der Waals surface area contributed by atoms with E-state index in [4.69, 9.17) is 5.84 Å². The molecule has 1 aliphatic carbocycles. The third-order valence-corrected chi connectivity index (χ3v) is 2.55. The second-order valence-corrected chi connectivity index (χ2v) is 3.92. The largest absolute Gasteiger partial charge is 0.351 e. The van der Waals surface area contributed by atoms with Gasteiger partial charge in [0.25, 0.3) is 5.91 Å². The maximum Gasteiger partial charge on any atom is 0.271 e. The van der Waals surface area contributed by atoms with E-state index in [9.17, 15) is 4.79 Å². The molecule has 86 valence electrons. The fourth-order valence-electron chi connectivity index (χ4n) is 1.43. The van der Waals surface area contributed by atoms with Crippen molar-refractivity contribution in [3.05, 3.63) is 18.1 Å². The zero-order chi connectivity index (χ0) is 11.4. The predicted molar refractivity (Wildman–Crippen MR) is 59.5 cm³/mol. The standard InChI is InChI=1S/C10H15N5O/c11-15-9-6-12-5-8(14-9)10(16)13-4-3-7-1-2-7/h5-7H,1-4,11H2,(H,13,16)(H,14,15). The molecule has 0 spiro atoms. The number of rotatable bonds is 5. The molecule has 1 aromatic heterocycles. The summed E-state index contributed by atoms with van der Waals surface area (Å²) in [4.78, 5) is 19.5. The molecule has 0 radical (unpaired) electrons. The first-order valence-electron chi connectivity index (χ1n) is 5.36. The van der Waals surface area contributed by atoms with Gasteiger partial charge in [0.2, 0.25) is 0 Å². The summed E-state index contributed by atoms with van der Waals surface area (Å²) in [5.41, 5.74) is 2.64. The molecular formula is C10H15N5O. The molecule has 1 saturated carbocycles. The van der Waals surface area contributed by atoms with Crippen LogP contribution in [0.3, 0.4) is 0 Å². The molecule has 0 atom stereocenters. The van der Waals surface area contributed by atoms with Crippen LogP contribution in [0.1, 0.15) is 29.8 Å². The molecule has 1 heterocycles. The minimum Gasteiger partial charge on any atom is -0.351 e. The monoisotopic (exact) mass is 221 g/mol. The van der Waals surface area contributed by atoms with Crippen molar-refractivity contribution in [2.45, 2.75) is 19.3 Å². The molecule has 16 heavy (non-hydrogen) atoms. The summed E-state index contributed by atoms with van der Waals surface area (Å²) in [6.45, 7) is 0.700. The second kappa shape index (κ2) is 4.89. The number of nitrogen functional groups attached to an aromatic ring is 1. The number of carbonyl (C=O) groups is 1. The van der Waals surface area contributed by atoms with Gasteiger partial charge in [0.15, 0.2) is 5.82 Å². The van der Waals surface area contributed by atoms with Crippen LogP contribution in [0.2, 0.25) is 0 Å². The summed E-state index contributed by atoms with van der Waals surface area (Å²) in [5, 5.41) is 2.81. The lowest BCUT2D eigenvalue weighted by atomic mass is 10.3. The number of amides is 1. The molecule has 1 aromatic rings. The van der Waals surface area contributed by atoms with Gasteiger partial charge in [-0.15, -0.1) is 0 Å². The van der Waals surface area contributed by atoms with Gasteiger partial charge in [-0.25, -0.2) is 10.8 Å². The normalized spacial score (nSPS) is 14.6. The van der Waals surface area contributed by atoms with E-state index < -0.39 is 0 Å². The van der Waals surface area contributed by atoms with Gasteiger partial charge in [-0.05, 0) is 12.3 Å². The summed E-state index contributed by atoms with van der Waals surface area (Å²) < 4.78 is 0. The number of hydrazine groups is 1. The van der Waals surface area contributed by atoms with E-state index in [0.29, 0.717) is 12.4 Å². The maximum absolute atomic E-state index is 11.6. The van der Waals surface area contributed by atoms with E-state index in [1.807, 2.05) is 0 Å². The van der Waals surface area contributed by atoms with E-state index in [1.54, 1.807) is 0 Å². The summed E-state index contributed by atoms with van der Waals surface area (Å²) >= 11 is 0. The molecule has 1 fully saturated rings. The summed E-state index contributed by atoms with van der Waals surface area (Å²) in [6.07, 6.45) is 6.52. The highest BCUT2D eigenvalue weighted by molar-refractivity contribution is 5.92. The summed E-state index contributed by atoms with van der Waals surface area (Å²) in [6, 6.07) is 0. The molecular weight excluding hydrogens is 206 g/mol. The number of nitrogens with two attached hydrogens (primary N) is 1. The number of carbonyl (C=O) groups excluding carboxylic acids is 1. The third-order valence-electron chi connectivity index (χ3n) is 2.55. The molecule has 6 heteroatoms. The van der Waals surface area contributed by atoms with E-state index in [-0.39, 0.29) is 11.6 Å². The minimum absolute atomic E-state index is 0.203. The van der Waals surface area contributed by atoms with Crippen molar-refractivity contribution in [1.29, 1.82) is 0 Å². The minimum atomic E-state index is -0.203. The first kappa shape index (κ1) is 10.8. The second-order valence-electron chi connectivity index (χ2n) is 3.92. The number of hydrogen-bond donors (Lipinski definition) is 3. The van der Waals surface area contributed by atoms with Crippen molar-refractivity contribution < 1.29 is 4.79 Å². The number of aromatic nitrogens is 2. The Morgan fingerprint density at radius 3 is 3.00 bits per heavy atom. The molecule has 0 aromatic carbocycles. The smallest absolute Gasteiger partial charge is 0.271 e. The van der Waals surface area contributed by atoms with Crippen LogP contribution in [0.15, 0.2) is 12.4 Å². The van der Waals surface area contributed by atoms with Crippen LogP contribution in [0, 0.1) is 5.92 Å². The number of anilines is 1. The van der Waals surface area contributed by atoms with E-state index in [0.717, 1.165) is 12.3 Å². The molecule has 1 amide bonds. The van der Waals surface area contributed by atoms with Crippen LogP contribution >= 0.6 is 0 Å². The van der Waals surface area contributed by atoms with Gasteiger partial charge in [0.1, 0.15) is 5.69 Å². The van der Waals surface area contributed by atoms with E-state index in [2.05, 4.69) is 20.7 Å². The van der Waals surface area contributed by atoms with Crippen LogP contribution in [0.5, 0.6) is 0 Å². The Bertz CT molecular complexity index is 377. The van der Waals surface area contributed by atoms with Crippen LogP contribution in [-0.2, 0) is 0 Å². The number of hydrogen-bond acceptors (Lipinski definition) is 5. The van der Waals surface area contributed by atoms with E-state index in [1.165, 1.54) is 25.2 Å². The van der Waals surface area contributed by atoms with Crippen molar-refractivity contribution in [2.24, 2.45) is 11.8 Å². The van der Waals surface area contributed by atoms with Crippen molar-refractivity contribution in [3.8, 4) is 0 Å². The Hall–Kier alpha value is -1.69. The fourth-order valence-corrected chi connectivity index (χ4v) is 1.43. The molecule has 4 N–H and O–H groups in total. The highest BCUT2D eigenvalue weighted by Gasteiger charge is 2.20. The molecule has 2 rings (SSSR count). The van der Waals surface area contributed by atoms with Gasteiger partial charge in [0.05, 0.1) is 12.4 Å². The fraction of sp³-hybridized carbons (Fsp3) is 0.500. The Labute approximate surface area is 93.6 Å². The Morgan fingerprint density at radius 1 is 1.50 bits per heavy atom. The SMILES string of the molecule is NNc1cncc(C(=O)NCCC2CC2)n1. The zero-order valence-electron chi connectivity index (χ0n) is 8.94.